The van der Waals surface area contributed by atoms with Crippen molar-refractivity contribution in [2.45, 2.75) is 93.8 Å². The number of fused-ring (bicyclic) bond motifs is 6. The maximum absolute atomic E-state index is 8.08. The molecule has 0 radical (unpaired) electrons. The minimum atomic E-state index is -1.38. The Morgan fingerprint density at radius 1 is 0.646 bits per heavy atom. The third-order valence-electron chi connectivity index (χ3n) is 12.5. The van der Waals surface area contributed by atoms with E-state index in [2.05, 4.69) is 120 Å². The number of unbranched alkanes of at least 4 members (excludes halogenated alkanes) is 8. The molecule has 65 heavy (non-hydrogen) atoms. The van der Waals surface area contributed by atoms with Crippen LogP contribution < -0.4 is 20.2 Å². The molecule has 2 atom stereocenters. The Hall–Kier alpha value is -4.60. The first-order valence-electron chi connectivity index (χ1n) is 24.0. The second-order valence-corrected chi connectivity index (χ2v) is 21.2. The fourth-order valence-corrected chi connectivity index (χ4v) is 9.66. The molecule has 8 bridgehead atoms. The van der Waals surface area contributed by atoms with Crippen molar-refractivity contribution in [1.82, 2.24) is 9.97 Å². The number of alkyl halides is 2. The van der Waals surface area contributed by atoms with Gasteiger partial charge in [-0.3, -0.25) is 4.99 Å². The van der Waals surface area contributed by atoms with Crippen molar-refractivity contribution in [3.63, 3.8) is 0 Å². The molecule has 2 aromatic carbocycles. The van der Waals surface area contributed by atoms with E-state index in [1.165, 1.54) is 44.9 Å². The standard InChI is InChI=1S/C55H72Cl2N6O2/c1-8-9-10-11-12-13-14-15-16-25-47-48-29-30-51(60-48)53(41-21-17-23-45(38-41)64-36-19-34-62(2,3)4)50-28-26-43(58-50)40-44-27-31-52(59-44)55(57,54(56)33-32-49(47)61-54)42-22-18-24-46(39-42)65-37-20-35-63(5,6)7/h17-18,21-24,26-33,38-40,58-59H,8-16,19-20,25,34-37H2,1-7H3/q+2. The zero-order valence-electron chi connectivity index (χ0n) is 40.0. The average molecular weight is 920 g/mol. The Labute approximate surface area is 398 Å². The van der Waals surface area contributed by atoms with Gasteiger partial charge in [-0.2, -0.15) is 0 Å². The third-order valence-corrected chi connectivity index (χ3v) is 13.8. The van der Waals surface area contributed by atoms with Crippen LogP contribution in [0.2, 0.25) is 0 Å². The van der Waals surface area contributed by atoms with Crippen LogP contribution >= 0.6 is 23.2 Å². The zero-order valence-corrected chi connectivity index (χ0v) is 41.5. The van der Waals surface area contributed by atoms with Crippen molar-refractivity contribution < 1.29 is 18.4 Å². The summed E-state index contributed by atoms with van der Waals surface area (Å²) in [6.45, 7) is 5.57. The topological polar surface area (TPSA) is 74.8 Å². The lowest BCUT2D eigenvalue weighted by atomic mass is 9.87. The van der Waals surface area contributed by atoms with Crippen molar-refractivity contribution in [3.05, 3.63) is 142 Å². The summed E-state index contributed by atoms with van der Waals surface area (Å²) in [5, 5.41) is 1.89. The van der Waals surface area contributed by atoms with Crippen molar-refractivity contribution in [1.29, 1.82) is 0 Å². The molecule has 4 aromatic rings. The number of aliphatic imine (C=N–C) groups is 2. The smallest absolute Gasteiger partial charge is 0.181 e. The number of allylic oxidation sites excluding steroid dienone is 4. The van der Waals surface area contributed by atoms with Crippen LogP contribution in [0.1, 0.15) is 106 Å². The Bertz CT molecular complexity index is 2550. The summed E-state index contributed by atoms with van der Waals surface area (Å²) in [7, 11) is 13.2. The highest BCUT2D eigenvalue weighted by atomic mass is 35.5. The summed E-state index contributed by atoms with van der Waals surface area (Å²) in [4.78, 5) is 15.6. The van der Waals surface area contributed by atoms with Gasteiger partial charge in [-0.1, -0.05) is 94.2 Å². The van der Waals surface area contributed by atoms with Gasteiger partial charge in [0.2, 0.25) is 0 Å². The molecule has 7 rings (SSSR count). The Kier molecular flexibility index (Phi) is 15.9. The maximum atomic E-state index is 8.08. The summed E-state index contributed by atoms with van der Waals surface area (Å²) >= 11 is 16.0. The highest BCUT2D eigenvalue weighted by Crippen LogP contribution is 2.53. The molecule has 2 unspecified atom stereocenters. The van der Waals surface area contributed by atoms with E-state index in [1.807, 2.05) is 42.5 Å². The minimum absolute atomic E-state index is 0.601. The van der Waals surface area contributed by atoms with Crippen LogP contribution in [0.15, 0.2) is 118 Å². The molecule has 0 saturated carbocycles. The lowest BCUT2D eigenvalue weighted by Crippen LogP contribution is -2.41. The monoisotopic (exact) mass is 919 g/mol. The van der Waals surface area contributed by atoms with E-state index in [9.17, 15) is 0 Å². The molecule has 0 fully saturated rings. The van der Waals surface area contributed by atoms with Gasteiger partial charge in [0, 0.05) is 46.1 Å². The number of nitrogens with one attached hydrogen (secondary N) is 2. The molecule has 3 aliphatic rings. The molecular weight excluding hydrogens is 848 g/mol. The number of H-pyrrole nitrogens is 2. The summed E-state index contributed by atoms with van der Waals surface area (Å²) in [5.74, 6) is 1.59. The van der Waals surface area contributed by atoms with Gasteiger partial charge in [0.1, 0.15) is 11.5 Å². The number of nitrogens with zero attached hydrogens (tertiary/aromatic N) is 4. The van der Waals surface area contributed by atoms with Crippen LogP contribution in [-0.2, 0) is 4.87 Å². The van der Waals surface area contributed by atoms with Gasteiger partial charge in [-0.05, 0) is 103 Å². The quantitative estimate of drug-likeness (QED) is 0.0357. The van der Waals surface area contributed by atoms with Gasteiger partial charge in [0.05, 0.1) is 85.7 Å². The van der Waals surface area contributed by atoms with Gasteiger partial charge in [-0.15, -0.1) is 11.6 Å². The Morgan fingerprint density at radius 2 is 1.31 bits per heavy atom. The van der Waals surface area contributed by atoms with Crippen LogP contribution in [-0.4, -0.2) is 104 Å². The zero-order chi connectivity index (χ0) is 46.1. The van der Waals surface area contributed by atoms with E-state index in [-0.39, 0.29) is 0 Å². The molecule has 0 aliphatic carbocycles. The molecule has 2 aromatic heterocycles. The van der Waals surface area contributed by atoms with E-state index in [4.69, 9.17) is 42.7 Å². The molecule has 0 amide bonds. The van der Waals surface area contributed by atoms with Crippen LogP contribution in [0.5, 0.6) is 11.5 Å². The van der Waals surface area contributed by atoms with Crippen LogP contribution in [0.4, 0.5) is 0 Å². The van der Waals surface area contributed by atoms with Crippen molar-refractivity contribution in [2.75, 3.05) is 68.6 Å². The molecule has 3 aliphatic heterocycles. The van der Waals surface area contributed by atoms with Crippen LogP contribution in [0, 0.1) is 0 Å². The Morgan fingerprint density at radius 3 is 2.00 bits per heavy atom. The highest BCUT2D eigenvalue weighted by Gasteiger charge is 2.53. The SMILES string of the molecule is CCCCCCCCCCCC1=C2C=CC(=N2)C(c2cccc(OCCC[N+](C)(C)C)c2)=c2ccc([nH]2)=Cc2ccc([nH]2)C(Cl)(c2cccc(OCCC[N+](C)(C)C)c2)C2(Cl)C=CC1=N2. The number of hydrogen-bond acceptors (Lipinski definition) is 4. The van der Waals surface area contributed by atoms with Crippen LogP contribution in [0.3, 0.4) is 0 Å². The average Bonchev–Trinajstić information content (AvgIpc) is 4.11. The maximum Gasteiger partial charge on any atom is 0.181 e. The number of aromatic amines is 2. The van der Waals surface area contributed by atoms with E-state index >= 15 is 0 Å². The van der Waals surface area contributed by atoms with Gasteiger partial charge < -0.3 is 28.4 Å². The predicted molar refractivity (Wildman–Crippen MR) is 273 cm³/mol. The fourth-order valence-electron chi connectivity index (χ4n) is 8.96. The number of quaternary nitrogens is 2. The normalized spacial score (nSPS) is 19.4. The van der Waals surface area contributed by atoms with Gasteiger partial charge in [0.15, 0.2) is 9.87 Å². The number of benzene rings is 2. The number of ether oxygens (including phenoxy) is 2. The first-order valence-corrected chi connectivity index (χ1v) is 24.8. The predicted octanol–water partition coefficient (Wildman–Crippen LogP) is 10.9. The second kappa shape index (κ2) is 21.4. The molecule has 0 saturated heterocycles. The largest absolute Gasteiger partial charge is 0.493 e. The number of halogens is 2. The van der Waals surface area contributed by atoms with Crippen LogP contribution in [0.25, 0.3) is 11.6 Å². The fraction of sp³-hybridized carbons (Fsp3) is 0.455. The van der Waals surface area contributed by atoms with Crippen molar-refractivity contribution in [2.24, 2.45) is 9.98 Å². The molecule has 0 spiro atoms. The number of hydrogen-bond donors (Lipinski definition) is 2. The first-order chi connectivity index (χ1) is 31.1. The highest BCUT2D eigenvalue weighted by molar-refractivity contribution is 6.38. The van der Waals surface area contributed by atoms with Gasteiger partial charge in [0.25, 0.3) is 0 Å². The summed E-state index contributed by atoms with van der Waals surface area (Å²) in [6.07, 6.45) is 24.3. The second-order valence-electron chi connectivity index (χ2n) is 20.1. The van der Waals surface area contributed by atoms with Crippen molar-refractivity contribution >= 4 is 46.3 Å². The number of rotatable bonds is 22. The van der Waals surface area contributed by atoms with Crippen molar-refractivity contribution in [3.8, 4) is 11.5 Å². The minimum Gasteiger partial charge on any atom is -0.493 e. The van der Waals surface area contributed by atoms with E-state index in [0.29, 0.717) is 13.2 Å². The summed E-state index contributed by atoms with van der Waals surface area (Å²) < 4.78 is 14.5. The Balaban J connectivity index is 1.30. The molecule has 10 heteroatoms. The molecule has 5 heterocycles. The van der Waals surface area contributed by atoms with Gasteiger partial charge in [-0.25, -0.2) is 4.99 Å². The summed E-state index contributed by atoms with van der Waals surface area (Å²) in [5.41, 5.74) is 8.07. The lowest BCUT2D eigenvalue weighted by Gasteiger charge is -2.37. The molecule has 2 N–H and O–H groups in total. The third kappa shape index (κ3) is 12.4. The van der Waals surface area contributed by atoms with E-state index in [0.717, 1.165) is 127 Å². The molecule has 8 nitrogen and oxygen atoms in total. The number of aromatic nitrogens is 2. The van der Waals surface area contributed by atoms with E-state index < -0.39 is 9.87 Å². The van der Waals surface area contributed by atoms with Gasteiger partial charge >= 0.3 is 0 Å². The lowest BCUT2D eigenvalue weighted by molar-refractivity contribution is -0.870. The van der Waals surface area contributed by atoms with E-state index in [1.54, 1.807) is 0 Å². The first kappa shape index (κ1) is 48.3. The summed E-state index contributed by atoms with van der Waals surface area (Å²) in [6, 6.07) is 24.7. The molecular formula is C55H72Cl2N6O2+2. The molecule has 346 valence electrons.